The zero-order valence-corrected chi connectivity index (χ0v) is 15.1. The summed E-state index contributed by atoms with van der Waals surface area (Å²) in [6, 6.07) is 0.648. The number of hydrogen-bond acceptors (Lipinski definition) is 2. The van der Waals surface area contributed by atoms with Crippen molar-refractivity contribution >= 4 is 5.78 Å². The van der Waals surface area contributed by atoms with Gasteiger partial charge in [-0.2, -0.15) is 0 Å². The van der Waals surface area contributed by atoms with Crippen LogP contribution in [0, 0.1) is 28.1 Å². The van der Waals surface area contributed by atoms with Gasteiger partial charge in [-0.15, -0.1) is 0 Å². The summed E-state index contributed by atoms with van der Waals surface area (Å²) >= 11 is 0. The summed E-state index contributed by atoms with van der Waals surface area (Å²) in [5, 5.41) is 0. The van der Waals surface area contributed by atoms with Crippen molar-refractivity contribution in [2.75, 3.05) is 6.54 Å². The maximum Gasteiger partial charge on any atom is 0.161 e. The Morgan fingerprint density at radius 1 is 1.14 bits per heavy atom. The quantitative estimate of drug-likeness (QED) is 0.669. The van der Waals surface area contributed by atoms with Crippen LogP contribution >= 0.6 is 0 Å². The van der Waals surface area contributed by atoms with Gasteiger partial charge in [0.2, 0.25) is 0 Å². The second-order valence-electron chi connectivity index (χ2n) is 10.4. The number of carbonyl (C=O) groups excluding carboxylic acids is 1. The van der Waals surface area contributed by atoms with Gasteiger partial charge in [-0.25, -0.2) is 0 Å². The first-order valence-electron chi connectivity index (χ1n) is 9.05. The molecule has 1 aliphatic heterocycles. The lowest BCUT2D eigenvalue weighted by Gasteiger charge is -2.39. The Bertz CT molecular complexity index is 585. The second kappa shape index (κ2) is 3.99. The molecular formula is C20H31NO. The second-order valence-corrected chi connectivity index (χ2v) is 10.4. The smallest absolute Gasteiger partial charge is 0.161 e. The van der Waals surface area contributed by atoms with Gasteiger partial charge < -0.3 is 4.90 Å². The van der Waals surface area contributed by atoms with Gasteiger partial charge >= 0.3 is 0 Å². The molecule has 3 saturated carbocycles. The van der Waals surface area contributed by atoms with Crippen LogP contribution in [0.5, 0.6) is 0 Å². The fourth-order valence-corrected chi connectivity index (χ4v) is 6.62. The van der Waals surface area contributed by atoms with E-state index in [-0.39, 0.29) is 0 Å². The highest BCUT2D eigenvalue weighted by Crippen LogP contribution is 2.68. The van der Waals surface area contributed by atoms with Crippen molar-refractivity contribution in [1.82, 2.24) is 4.90 Å². The number of fused-ring (bicyclic) bond motifs is 3. The number of likely N-dealkylation sites (tertiary alicyclic amines) is 1. The monoisotopic (exact) mass is 301 g/mol. The van der Waals surface area contributed by atoms with Crippen LogP contribution in [0.25, 0.3) is 0 Å². The van der Waals surface area contributed by atoms with Crippen molar-refractivity contribution in [1.29, 1.82) is 0 Å². The molecule has 4 fully saturated rings. The van der Waals surface area contributed by atoms with Gasteiger partial charge in [0.05, 0.1) is 0 Å². The molecule has 0 amide bonds. The van der Waals surface area contributed by atoms with Crippen molar-refractivity contribution in [3.05, 3.63) is 11.3 Å². The standard InChI is InChI=1S/C20H31NO/c1-12(16-15(22)7-14-17(16)19(14,4)5)21-11-20(6)9-13(21)8-18(2,3)10-20/h13-14,17H,7-11H2,1-6H3. The molecule has 0 aromatic heterocycles. The Kier molecular flexibility index (Phi) is 2.68. The molecular weight excluding hydrogens is 270 g/mol. The molecule has 1 heterocycles. The summed E-state index contributed by atoms with van der Waals surface area (Å²) in [4.78, 5) is 15.1. The SMILES string of the molecule is CC(=C1C(=O)CC2C1C2(C)C)N1CC2(C)CC1CC(C)(C)C2. The molecule has 2 bridgehead atoms. The van der Waals surface area contributed by atoms with Gasteiger partial charge in [-0.3, -0.25) is 4.79 Å². The summed E-state index contributed by atoms with van der Waals surface area (Å²) in [5.74, 6) is 1.61. The first-order valence-corrected chi connectivity index (χ1v) is 9.05. The average molecular weight is 301 g/mol. The van der Waals surface area contributed by atoms with Gasteiger partial charge in [0.1, 0.15) is 0 Å². The highest BCUT2D eigenvalue weighted by Gasteiger charge is 2.66. The fourth-order valence-electron chi connectivity index (χ4n) is 6.62. The van der Waals surface area contributed by atoms with Crippen LogP contribution in [-0.2, 0) is 4.79 Å². The highest BCUT2D eigenvalue weighted by atomic mass is 16.1. The number of ketones is 1. The maximum absolute atomic E-state index is 12.5. The molecule has 0 aromatic rings. The minimum absolute atomic E-state index is 0.364. The molecule has 0 spiro atoms. The number of rotatable bonds is 1. The van der Waals surface area contributed by atoms with Gasteiger partial charge in [0.15, 0.2) is 5.78 Å². The van der Waals surface area contributed by atoms with Crippen LogP contribution in [-0.4, -0.2) is 23.3 Å². The first-order chi connectivity index (χ1) is 10.0. The Morgan fingerprint density at radius 3 is 2.45 bits per heavy atom. The van der Waals surface area contributed by atoms with Crippen molar-refractivity contribution in [3.8, 4) is 0 Å². The molecule has 2 heteroatoms. The van der Waals surface area contributed by atoms with E-state index in [1.54, 1.807) is 0 Å². The average Bonchev–Trinajstić information content (AvgIpc) is 2.70. The number of hydrogen-bond donors (Lipinski definition) is 0. The fraction of sp³-hybridized carbons (Fsp3) is 0.850. The Balaban J connectivity index is 1.68. The van der Waals surface area contributed by atoms with E-state index in [9.17, 15) is 4.79 Å². The van der Waals surface area contributed by atoms with Crippen LogP contribution in [0.4, 0.5) is 0 Å². The molecule has 2 nitrogen and oxygen atoms in total. The molecule has 3 aliphatic carbocycles. The Labute approximate surface area is 135 Å². The van der Waals surface area contributed by atoms with E-state index in [1.165, 1.54) is 30.5 Å². The first kappa shape index (κ1) is 14.8. The van der Waals surface area contributed by atoms with E-state index in [4.69, 9.17) is 0 Å². The van der Waals surface area contributed by atoms with Crippen LogP contribution in [0.3, 0.4) is 0 Å². The van der Waals surface area contributed by atoms with Crippen LogP contribution < -0.4 is 0 Å². The van der Waals surface area contributed by atoms with Crippen LogP contribution in [0.2, 0.25) is 0 Å². The zero-order valence-electron chi connectivity index (χ0n) is 15.1. The molecule has 122 valence electrons. The third kappa shape index (κ3) is 1.88. The topological polar surface area (TPSA) is 20.3 Å². The lowest BCUT2D eigenvalue weighted by molar-refractivity contribution is -0.115. The number of allylic oxidation sites excluding steroid dienone is 2. The molecule has 4 rings (SSSR count). The molecule has 4 unspecified atom stereocenters. The zero-order chi connectivity index (χ0) is 16.1. The van der Waals surface area contributed by atoms with E-state index < -0.39 is 0 Å². The Morgan fingerprint density at radius 2 is 1.82 bits per heavy atom. The number of Topliss-reactive ketones (excluding diaryl/α,β-unsaturated/α-hetero) is 1. The van der Waals surface area contributed by atoms with E-state index in [2.05, 4.69) is 46.4 Å². The largest absolute Gasteiger partial charge is 0.371 e. The number of carbonyl (C=O) groups is 1. The molecule has 4 atom stereocenters. The Hall–Kier alpha value is -0.790. The number of nitrogens with zero attached hydrogens (tertiary/aromatic N) is 1. The molecule has 4 aliphatic rings. The maximum atomic E-state index is 12.5. The minimum atomic E-state index is 0.364. The summed E-state index contributed by atoms with van der Waals surface area (Å²) in [7, 11) is 0. The van der Waals surface area contributed by atoms with Gasteiger partial charge in [-0.05, 0) is 54.3 Å². The lowest BCUT2D eigenvalue weighted by Crippen LogP contribution is -2.34. The summed E-state index contributed by atoms with van der Waals surface area (Å²) in [5.41, 5.74) is 3.77. The molecule has 0 radical (unpaired) electrons. The normalized spacial score (nSPS) is 46.7. The van der Waals surface area contributed by atoms with Crippen molar-refractivity contribution in [2.45, 2.75) is 73.3 Å². The van der Waals surface area contributed by atoms with Gasteiger partial charge in [-0.1, -0.05) is 34.6 Å². The summed E-state index contributed by atoms with van der Waals surface area (Å²) in [6.45, 7) is 15.4. The molecule has 0 aromatic carbocycles. The predicted molar refractivity (Wildman–Crippen MR) is 89.3 cm³/mol. The van der Waals surface area contributed by atoms with E-state index >= 15 is 0 Å². The third-order valence-corrected chi connectivity index (χ3v) is 7.30. The van der Waals surface area contributed by atoms with Crippen molar-refractivity contribution in [3.63, 3.8) is 0 Å². The van der Waals surface area contributed by atoms with Crippen LogP contribution in [0.1, 0.15) is 67.2 Å². The van der Waals surface area contributed by atoms with E-state index in [0.717, 1.165) is 13.0 Å². The summed E-state index contributed by atoms with van der Waals surface area (Å²) in [6.07, 6.45) is 4.71. The van der Waals surface area contributed by atoms with Crippen LogP contribution in [0.15, 0.2) is 11.3 Å². The molecule has 0 N–H and O–H groups in total. The van der Waals surface area contributed by atoms with Crippen molar-refractivity contribution in [2.24, 2.45) is 28.1 Å². The van der Waals surface area contributed by atoms with Gasteiger partial charge in [0.25, 0.3) is 0 Å². The third-order valence-electron chi connectivity index (χ3n) is 7.30. The van der Waals surface area contributed by atoms with E-state index in [0.29, 0.717) is 39.9 Å². The summed E-state index contributed by atoms with van der Waals surface area (Å²) < 4.78 is 0. The predicted octanol–water partition coefficient (Wildman–Crippen LogP) is 4.41. The van der Waals surface area contributed by atoms with E-state index in [1.807, 2.05) is 0 Å². The van der Waals surface area contributed by atoms with Crippen molar-refractivity contribution < 1.29 is 4.79 Å². The molecule has 22 heavy (non-hydrogen) atoms. The highest BCUT2D eigenvalue weighted by molar-refractivity contribution is 6.01. The minimum Gasteiger partial charge on any atom is -0.371 e. The lowest BCUT2D eigenvalue weighted by atomic mass is 9.65. The molecule has 1 saturated heterocycles. The van der Waals surface area contributed by atoms with Gasteiger partial charge in [0, 0.05) is 30.3 Å².